The van der Waals surface area contributed by atoms with Gasteiger partial charge in [-0.2, -0.15) is 0 Å². The summed E-state index contributed by atoms with van der Waals surface area (Å²) in [6, 6.07) is 10.6. The van der Waals surface area contributed by atoms with Crippen molar-refractivity contribution in [2.24, 2.45) is 0 Å². The van der Waals surface area contributed by atoms with E-state index < -0.39 is 0 Å². The summed E-state index contributed by atoms with van der Waals surface area (Å²) in [5.41, 5.74) is 8.69. The van der Waals surface area contributed by atoms with Crippen LogP contribution in [-0.4, -0.2) is 16.8 Å². The van der Waals surface area contributed by atoms with Crippen molar-refractivity contribution in [1.82, 2.24) is 4.98 Å². The first-order chi connectivity index (χ1) is 11.4. The zero-order valence-corrected chi connectivity index (χ0v) is 14.0. The summed E-state index contributed by atoms with van der Waals surface area (Å²) in [6.45, 7) is 3.33. The number of pyridine rings is 1. The highest BCUT2D eigenvalue weighted by molar-refractivity contribution is 7.21. The monoisotopic (exact) mass is 340 g/mol. The number of nitrogens with two attached hydrogens (primary N) is 1. The first-order valence-corrected chi connectivity index (χ1v) is 8.10. The fourth-order valence-corrected chi connectivity index (χ4v) is 3.32. The average molecular weight is 340 g/mol. The molecule has 2 heterocycles. The number of nitrogens with zero attached hydrogens (tertiary/aromatic N) is 1. The van der Waals surface area contributed by atoms with Crippen LogP contribution in [-0.2, 0) is 4.79 Å². The van der Waals surface area contributed by atoms with E-state index in [1.165, 1.54) is 18.3 Å². The van der Waals surface area contributed by atoms with E-state index in [4.69, 9.17) is 5.73 Å². The van der Waals surface area contributed by atoms with Crippen LogP contribution in [0, 0.1) is 6.92 Å². The lowest BCUT2D eigenvalue weighted by Crippen LogP contribution is -2.12. The Morgan fingerprint density at radius 3 is 2.29 bits per heavy atom. The molecule has 2 aromatic heterocycles. The van der Waals surface area contributed by atoms with Crippen LogP contribution in [0.2, 0.25) is 0 Å². The number of hydrogen-bond donors (Lipinski definition) is 3. The number of nitrogen functional groups attached to an aromatic ring is 1. The predicted octanol–water partition coefficient (Wildman–Crippen LogP) is 3.40. The number of aromatic nitrogens is 1. The number of amides is 2. The van der Waals surface area contributed by atoms with Crippen molar-refractivity contribution in [2.45, 2.75) is 13.8 Å². The number of hydrogen-bond acceptors (Lipinski definition) is 5. The molecule has 7 heteroatoms. The first kappa shape index (κ1) is 15.9. The standard InChI is InChI=1S/C17H16N4O2S/c1-9-3-8-13-14(18)15(24-17(13)19-9)16(23)21-12-6-4-11(5-7-12)20-10(2)22/h3-8H,18H2,1-2H3,(H,20,22)(H,21,23). The summed E-state index contributed by atoms with van der Waals surface area (Å²) in [7, 11) is 0. The smallest absolute Gasteiger partial charge is 0.267 e. The van der Waals surface area contributed by atoms with Gasteiger partial charge in [-0.25, -0.2) is 4.98 Å². The van der Waals surface area contributed by atoms with Crippen LogP contribution in [0.25, 0.3) is 10.2 Å². The second kappa shape index (κ2) is 6.29. The van der Waals surface area contributed by atoms with Crippen LogP contribution in [0.1, 0.15) is 22.3 Å². The number of aryl methyl sites for hydroxylation is 1. The summed E-state index contributed by atoms with van der Waals surface area (Å²) in [5.74, 6) is -0.423. The second-order valence-electron chi connectivity index (χ2n) is 5.36. The summed E-state index contributed by atoms with van der Waals surface area (Å²) in [4.78, 5) is 29.1. The zero-order chi connectivity index (χ0) is 17.3. The fourth-order valence-electron chi connectivity index (χ4n) is 2.29. The van der Waals surface area contributed by atoms with E-state index in [0.29, 0.717) is 21.9 Å². The van der Waals surface area contributed by atoms with Crippen molar-refractivity contribution in [3.8, 4) is 0 Å². The molecule has 0 bridgehead atoms. The van der Waals surface area contributed by atoms with Crippen molar-refractivity contribution >= 4 is 50.4 Å². The highest BCUT2D eigenvalue weighted by Crippen LogP contribution is 2.33. The maximum absolute atomic E-state index is 12.5. The maximum atomic E-state index is 12.5. The molecule has 3 rings (SSSR count). The van der Waals surface area contributed by atoms with E-state index in [-0.39, 0.29) is 11.8 Å². The minimum absolute atomic E-state index is 0.146. The van der Waals surface area contributed by atoms with Gasteiger partial charge in [-0.05, 0) is 43.3 Å². The molecule has 3 aromatic rings. The molecule has 0 aliphatic carbocycles. The molecule has 0 aliphatic heterocycles. The Kier molecular flexibility index (Phi) is 4.18. The van der Waals surface area contributed by atoms with E-state index in [2.05, 4.69) is 15.6 Å². The molecule has 0 unspecified atom stereocenters. The summed E-state index contributed by atoms with van der Waals surface area (Å²) in [5, 5.41) is 6.27. The van der Waals surface area contributed by atoms with Crippen molar-refractivity contribution in [3.05, 3.63) is 47.0 Å². The minimum atomic E-state index is -0.277. The van der Waals surface area contributed by atoms with Crippen LogP contribution in [0.3, 0.4) is 0 Å². The number of carbonyl (C=O) groups is 2. The largest absolute Gasteiger partial charge is 0.397 e. The predicted molar refractivity (Wildman–Crippen MR) is 97.5 cm³/mol. The van der Waals surface area contributed by atoms with Crippen LogP contribution < -0.4 is 16.4 Å². The molecule has 2 amide bonds. The Morgan fingerprint density at radius 2 is 1.67 bits per heavy atom. The number of thiophene rings is 1. The Hall–Kier alpha value is -2.93. The zero-order valence-electron chi connectivity index (χ0n) is 13.2. The highest BCUT2D eigenvalue weighted by atomic mass is 32.1. The molecule has 4 N–H and O–H groups in total. The van der Waals surface area contributed by atoms with Gasteiger partial charge in [-0.15, -0.1) is 11.3 Å². The molecule has 0 radical (unpaired) electrons. The van der Waals surface area contributed by atoms with Crippen molar-refractivity contribution in [1.29, 1.82) is 0 Å². The molecule has 24 heavy (non-hydrogen) atoms. The van der Waals surface area contributed by atoms with Crippen LogP contribution >= 0.6 is 11.3 Å². The van der Waals surface area contributed by atoms with Crippen molar-refractivity contribution in [2.75, 3.05) is 16.4 Å². The van der Waals surface area contributed by atoms with Crippen molar-refractivity contribution in [3.63, 3.8) is 0 Å². The normalized spacial score (nSPS) is 10.6. The number of rotatable bonds is 3. The number of benzene rings is 1. The third-order valence-corrected chi connectivity index (χ3v) is 4.52. The number of anilines is 3. The fraction of sp³-hybridized carbons (Fsp3) is 0.118. The van der Waals surface area contributed by atoms with Gasteiger partial charge in [-0.3, -0.25) is 9.59 Å². The second-order valence-corrected chi connectivity index (χ2v) is 6.36. The number of nitrogens with one attached hydrogen (secondary N) is 2. The van der Waals surface area contributed by atoms with Gasteiger partial charge < -0.3 is 16.4 Å². The molecular weight excluding hydrogens is 324 g/mol. The van der Waals surface area contributed by atoms with E-state index in [1.807, 2.05) is 19.1 Å². The van der Waals surface area contributed by atoms with Gasteiger partial charge in [0.05, 0.1) is 5.69 Å². The third kappa shape index (κ3) is 3.21. The molecule has 0 atom stereocenters. The highest BCUT2D eigenvalue weighted by Gasteiger charge is 2.17. The number of fused-ring (bicyclic) bond motifs is 1. The Labute approximate surface area is 142 Å². The Morgan fingerprint density at radius 1 is 1.04 bits per heavy atom. The van der Waals surface area contributed by atoms with E-state index >= 15 is 0 Å². The van der Waals surface area contributed by atoms with E-state index in [1.54, 1.807) is 24.3 Å². The molecule has 6 nitrogen and oxygen atoms in total. The molecule has 0 saturated heterocycles. The lowest BCUT2D eigenvalue weighted by Gasteiger charge is -2.06. The van der Waals surface area contributed by atoms with Gasteiger partial charge in [0.2, 0.25) is 5.91 Å². The SMILES string of the molecule is CC(=O)Nc1ccc(NC(=O)c2sc3nc(C)ccc3c2N)cc1. The van der Waals surface area contributed by atoms with Crippen molar-refractivity contribution < 1.29 is 9.59 Å². The Balaban J connectivity index is 1.82. The van der Waals surface area contributed by atoms with Crippen LogP contribution in [0.5, 0.6) is 0 Å². The summed E-state index contributed by atoms with van der Waals surface area (Å²) < 4.78 is 0. The molecule has 0 saturated carbocycles. The van der Waals surface area contributed by atoms with E-state index in [0.717, 1.165) is 15.9 Å². The molecule has 0 spiro atoms. The summed E-state index contributed by atoms with van der Waals surface area (Å²) >= 11 is 1.27. The number of carbonyl (C=O) groups excluding carboxylic acids is 2. The molecule has 1 aromatic carbocycles. The molecule has 122 valence electrons. The van der Waals surface area contributed by atoms with E-state index in [9.17, 15) is 9.59 Å². The van der Waals surface area contributed by atoms with Gasteiger partial charge in [0.25, 0.3) is 5.91 Å². The minimum Gasteiger partial charge on any atom is -0.397 e. The molecular formula is C17H16N4O2S. The first-order valence-electron chi connectivity index (χ1n) is 7.28. The van der Waals surface area contributed by atoms with Gasteiger partial charge >= 0.3 is 0 Å². The lowest BCUT2D eigenvalue weighted by atomic mass is 10.2. The van der Waals surface area contributed by atoms with Crippen LogP contribution in [0.4, 0.5) is 17.1 Å². The third-order valence-electron chi connectivity index (χ3n) is 3.40. The summed E-state index contributed by atoms with van der Waals surface area (Å²) in [6.07, 6.45) is 0. The molecule has 0 aliphatic rings. The maximum Gasteiger partial charge on any atom is 0.267 e. The topological polar surface area (TPSA) is 97.1 Å². The van der Waals surface area contributed by atoms with Gasteiger partial charge in [0.15, 0.2) is 0 Å². The van der Waals surface area contributed by atoms with Gasteiger partial charge in [-0.1, -0.05) is 0 Å². The van der Waals surface area contributed by atoms with Gasteiger partial charge in [0.1, 0.15) is 9.71 Å². The lowest BCUT2D eigenvalue weighted by molar-refractivity contribution is -0.114. The average Bonchev–Trinajstić information content (AvgIpc) is 2.85. The quantitative estimate of drug-likeness (QED) is 0.681. The van der Waals surface area contributed by atoms with Gasteiger partial charge in [0, 0.05) is 29.4 Å². The van der Waals surface area contributed by atoms with Crippen LogP contribution in [0.15, 0.2) is 36.4 Å². The Bertz CT molecular complexity index is 932. The molecule has 0 fully saturated rings.